The predicted octanol–water partition coefficient (Wildman–Crippen LogP) is 3.82. The van der Waals surface area contributed by atoms with Crippen molar-refractivity contribution in [3.8, 4) is 5.75 Å². The van der Waals surface area contributed by atoms with Crippen molar-refractivity contribution in [1.29, 1.82) is 0 Å². The van der Waals surface area contributed by atoms with Crippen LogP contribution in [0.2, 0.25) is 0 Å². The molecule has 0 aliphatic carbocycles. The zero-order valence-electron chi connectivity index (χ0n) is 15.9. The number of aromatic amines is 1. The number of carbonyl (C=O) groups is 1. The van der Waals surface area contributed by atoms with Gasteiger partial charge in [0.25, 0.3) is 5.91 Å². The van der Waals surface area contributed by atoms with Crippen LogP contribution in [0.4, 0.5) is 5.69 Å². The first-order valence-corrected chi connectivity index (χ1v) is 9.89. The number of aromatic nitrogens is 2. The molecule has 2 saturated heterocycles. The molecule has 0 saturated carbocycles. The van der Waals surface area contributed by atoms with Crippen molar-refractivity contribution >= 4 is 22.5 Å². The second-order valence-corrected chi connectivity index (χ2v) is 7.91. The molecule has 28 heavy (non-hydrogen) atoms. The smallest absolute Gasteiger partial charge is 0.255 e. The molecule has 3 atom stereocenters. The molecule has 1 unspecified atom stereocenters. The fraction of sp³-hybridized carbons (Fsp3) is 0.364. The number of nitrogens with zero attached hydrogens (tertiary/aromatic N) is 2. The maximum atomic E-state index is 12.5. The molecule has 3 aromatic rings. The Kier molecular flexibility index (Phi) is 4.28. The molecule has 6 heteroatoms. The summed E-state index contributed by atoms with van der Waals surface area (Å²) in [6.07, 6.45) is 6.78. The Morgan fingerprint density at radius 2 is 1.89 bits per heavy atom. The normalized spacial score (nSPS) is 24.4. The quantitative estimate of drug-likeness (QED) is 0.726. The van der Waals surface area contributed by atoms with Crippen LogP contribution in [0.1, 0.15) is 36.0 Å². The number of nitrogens with one attached hydrogen (secondary N) is 2. The molecule has 2 N–H and O–H groups in total. The average Bonchev–Trinajstić information content (AvgIpc) is 3.24. The van der Waals surface area contributed by atoms with Crippen molar-refractivity contribution in [2.45, 2.75) is 43.9 Å². The van der Waals surface area contributed by atoms with E-state index in [-0.39, 0.29) is 12.0 Å². The highest BCUT2D eigenvalue weighted by molar-refractivity contribution is 6.06. The predicted molar refractivity (Wildman–Crippen MR) is 109 cm³/mol. The number of ether oxygens (including phenoxy) is 1. The zero-order chi connectivity index (χ0) is 19.1. The lowest BCUT2D eigenvalue weighted by molar-refractivity contribution is 0.0662. The van der Waals surface area contributed by atoms with Crippen LogP contribution in [0, 0.1) is 0 Å². The van der Waals surface area contributed by atoms with Crippen molar-refractivity contribution in [2.24, 2.45) is 0 Å². The third kappa shape index (κ3) is 3.24. The van der Waals surface area contributed by atoms with Crippen LogP contribution in [0.5, 0.6) is 5.75 Å². The monoisotopic (exact) mass is 376 g/mol. The number of hydrogen-bond donors (Lipinski definition) is 2. The summed E-state index contributed by atoms with van der Waals surface area (Å²) in [5.41, 5.74) is 2.28. The number of rotatable bonds is 4. The Morgan fingerprint density at radius 3 is 2.64 bits per heavy atom. The molecule has 144 valence electrons. The highest BCUT2D eigenvalue weighted by Crippen LogP contribution is 2.36. The van der Waals surface area contributed by atoms with E-state index >= 15 is 0 Å². The number of amides is 1. The van der Waals surface area contributed by atoms with E-state index in [1.807, 2.05) is 36.4 Å². The Balaban J connectivity index is 1.22. The number of piperidine rings is 1. The SMILES string of the molecule is CN1[C@@H]2CC[C@H]1CC(Oc1ccc(NC(=O)c3ccc4[nH]ncc4c3)cc1)C2. The van der Waals surface area contributed by atoms with Crippen molar-refractivity contribution in [2.75, 3.05) is 12.4 Å². The lowest BCUT2D eigenvalue weighted by Crippen LogP contribution is -2.43. The number of anilines is 1. The molecule has 5 rings (SSSR count). The molecular weight excluding hydrogens is 352 g/mol. The largest absolute Gasteiger partial charge is 0.490 e. The first-order valence-electron chi connectivity index (χ1n) is 9.89. The van der Waals surface area contributed by atoms with Gasteiger partial charge in [0.15, 0.2) is 0 Å². The van der Waals surface area contributed by atoms with Gasteiger partial charge in [-0.25, -0.2) is 0 Å². The van der Waals surface area contributed by atoms with E-state index in [2.05, 4.69) is 27.5 Å². The van der Waals surface area contributed by atoms with Gasteiger partial charge < -0.3 is 15.0 Å². The Bertz CT molecular complexity index is 983. The molecule has 2 aliphatic rings. The van der Waals surface area contributed by atoms with Crippen molar-refractivity contribution < 1.29 is 9.53 Å². The van der Waals surface area contributed by atoms with E-state index in [1.54, 1.807) is 12.3 Å². The summed E-state index contributed by atoms with van der Waals surface area (Å²) in [5.74, 6) is 0.732. The van der Waals surface area contributed by atoms with Crippen LogP contribution >= 0.6 is 0 Å². The minimum absolute atomic E-state index is 0.135. The van der Waals surface area contributed by atoms with Crippen molar-refractivity contribution in [1.82, 2.24) is 15.1 Å². The van der Waals surface area contributed by atoms with Gasteiger partial charge >= 0.3 is 0 Å². The lowest BCUT2D eigenvalue weighted by atomic mass is 10.0. The molecule has 1 amide bonds. The average molecular weight is 376 g/mol. The Labute approximate surface area is 163 Å². The molecule has 2 aliphatic heterocycles. The van der Waals surface area contributed by atoms with Gasteiger partial charge in [0.05, 0.1) is 11.7 Å². The standard InChI is InChI=1S/C22H24N4O2/c1-26-17-5-6-18(26)12-20(11-17)28-19-7-3-16(4-8-19)24-22(27)14-2-9-21-15(10-14)13-23-25-21/h2-4,7-10,13,17-18,20H,5-6,11-12H2,1H3,(H,23,25)(H,24,27)/t17-,18+,20?. The third-order valence-corrected chi connectivity index (χ3v) is 6.17. The summed E-state index contributed by atoms with van der Waals surface area (Å²) in [6.45, 7) is 0. The van der Waals surface area contributed by atoms with E-state index < -0.39 is 0 Å². The van der Waals surface area contributed by atoms with E-state index in [4.69, 9.17) is 4.74 Å². The number of carbonyl (C=O) groups excluding carboxylic acids is 1. The molecule has 0 radical (unpaired) electrons. The Morgan fingerprint density at radius 1 is 1.14 bits per heavy atom. The fourth-order valence-electron chi connectivity index (χ4n) is 4.55. The van der Waals surface area contributed by atoms with Crippen molar-refractivity contribution in [3.05, 3.63) is 54.2 Å². The first-order chi connectivity index (χ1) is 13.7. The molecule has 2 aromatic carbocycles. The maximum absolute atomic E-state index is 12.5. The van der Waals surface area contributed by atoms with Gasteiger partial charge in [-0.2, -0.15) is 5.10 Å². The molecule has 6 nitrogen and oxygen atoms in total. The van der Waals surface area contributed by atoms with Crippen LogP contribution in [0.25, 0.3) is 10.9 Å². The van der Waals surface area contributed by atoms with Gasteiger partial charge in [0.2, 0.25) is 0 Å². The number of hydrogen-bond acceptors (Lipinski definition) is 4. The summed E-state index contributed by atoms with van der Waals surface area (Å²) in [6, 6.07) is 14.5. The van der Waals surface area contributed by atoms with Gasteiger partial charge in [0, 0.05) is 28.7 Å². The second kappa shape index (κ2) is 6.95. The summed E-state index contributed by atoms with van der Waals surface area (Å²) in [5, 5.41) is 10.7. The highest BCUT2D eigenvalue weighted by atomic mass is 16.5. The molecule has 3 heterocycles. The van der Waals surface area contributed by atoms with E-state index in [0.29, 0.717) is 17.6 Å². The minimum Gasteiger partial charge on any atom is -0.490 e. The van der Waals surface area contributed by atoms with Gasteiger partial charge in [-0.15, -0.1) is 0 Å². The van der Waals surface area contributed by atoms with Gasteiger partial charge in [-0.3, -0.25) is 9.89 Å². The zero-order valence-corrected chi connectivity index (χ0v) is 15.9. The lowest BCUT2D eigenvalue weighted by Gasteiger charge is -2.36. The highest BCUT2D eigenvalue weighted by Gasteiger charge is 2.39. The minimum atomic E-state index is -0.135. The number of H-pyrrole nitrogens is 1. The van der Waals surface area contributed by atoms with Gasteiger partial charge in [-0.1, -0.05) is 0 Å². The van der Waals surface area contributed by atoms with E-state index in [1.165, 1.54) is 12.8 Å². The summed E-state index contributed by atoms with van der Waals surface area (Å²) in [4.78, 5) is 15.0. The van der Waals surface area contributed by atoms with E-state index in [9.17, 15) is 4.79 Å². The van der Waals surface area contributed by atoms with Crippen LogP contribution < -0.4 is 10.1 Å². The second-order valence-electron chi connectivity index (χ2n) is 7.91. The van der Waals surface area contributed by atoms with Crippen LogP contribution in [0.3, 0.4) is 0 Å². The molecule has 1 aromatic heterocycles. The van der Waals surface area contributed by atoms with Gasteiger partial charge in [-0.05, 0) is 75.2 Å². The Hall–Kier alpha value is -2.86. The molecule has 2 fully saturated rings. The summed E-state index contributed by atoms with van der Waals surface area (Å²) in [7, 11) is 2.24. The van der Waals surface area contributed by atoms with Crippen molar-refractivity contribution in [3.63, 3.8) is 0 Å². The fourth-order valence-corrected chi connectivity index (χ4v) is 4.55. The topological polar surface area (TPSA) is 70.2 Å². The summed E-state index contributed by atoms with van der Waals surface area (Å²) < 4.78 is 6.22. The molecular formula is C22H24N4O2. The third-order valence-electron chi connectivity index (χ3n) is 6.17. The number of fused-ring (bicyclic) bond motifs is 3. The van der Waals surface area contributed by atoms with Gasteiger partial charge in [0.1, 0.15) is 11.9 Å². The maximum Gasteiger partial charge on any atom is 0.255 e. The molecule has 2 bridgehead atoms. The van der Waals surface area contributed by atoms with Crippen LogP contribution in [0.15, 0.2) is 48.7 Å². The van der Waals surface area contributed by atoms with Crippen LogP contribution in [-0.2, 0) is 0 Å². The summed E-state index contributed by atoms with van der Waals surface area (Å²) >= 11 is 0. The van der Waals surface area contributed by atoms with E-state index in [0.717, 1.165) is 35.2 Å². The number of benzene rings is 2. The molecule has 0 spiro atoms. The first kappa shape index (κ1) is 17.3. The van der Waals surface area contributed by atoms with Crippen LogP contribution in [-0.4, -0.2) is 46.2 Å².